The highest BCUT2D eigenvalue weighted by atomic mass is 35.5. The van der Waals surface area contributed by atoms with Crippen molar-refractivity contribution in [3.05, 3.63) is 28.8 Å². The van der Waals surface area contributed by atoms with E-state index in [-0.39, 0.29) is 11.9 Å². The minimum absolute atomic E-state index is 0.0410. The predicted octanol–water partition coefficient (Wildman–Crippen LogP) is 3.09. The predicted molar refractivity (Wildman–Crippen MR) is 110 cm³/mol. The van der Waals surface area contributed by atoms with Crippen LogP contribution < -0.4 is 10.1 Å². The summed E-state index contributed by atoms with van der Waals surface area (Å²) in [6, 6.07) is 6.07. The Morgan fingerprint density at radius 3 is 2.63 bits per heavy atom. The van der Waals surface area contributed by atoms with Crippen molar-refractivity contribution in [2.45, 2.75) is 51.6 Å². The third kappa shape index (κ3) is 5.84. The molecule has 2 aliphatic rings. The standard InChI is InChI=1S/C21H32ClN3O2/c1-16-15-18(22)7-8-20(16)27-14-13-24-9-11-25(12-10-24)17(2)21(26)23-19-5-3-4-6-19/h7-8,15,17,19H,3-6,9-14H2,1-2H3,(H,23,26). The topological polar surface area (TPSA) is 44.8 Å². The molecule has 1 aromatic carbocycles. The molecule has 1 saturated carbocycles. The number of rotatable bonds is 7. The summed E-state index contributed by atoms with van der Waals surface area (Å²) in [5, 5.41) is 3.96. The summed E-state index contributed by atoms with van der Waals surface area (Å²) in [4.78, 5) is 17.2. The first kappa shape index (κ1) is 20.4. The van der Waals surface area contributed by atoms with Crippen LogP contribution in [-0.2, 0) is 4.79 Å². The summed E-state index contributed by atoms with van der Waals surface area (Å²) in [6.45, 7) is 9.43. The fraction of sp³-hybridized carbons (Fsp3) is 0.667. The number of halogens is 1. The van der Waals surface area contributed by atoms with E-state index in [4.69, 9.17) is 16.3 Å². The summed E-state index contributed by atoms with van der Waals surface area (Å²) >= 11 is 5.98. The summed E-state index contributed by atoms with van der Waals surface area (Å²) in [6.07, 6.45) is 4.77. The van der Waals surface area contributed by atoms with Gasteiger partial charge in [-0.25, -0.2) is 0 Å². The molecule has 0 aromatic heterocycles. The van der Waals surface area contributed by atoms with Crippen molar-refractivity contribution in [3.8, 4) is 5.75 Å². The molecular formula is C21H32ClN3O2. The van der Waals surface area contributed by atoms with Crippen LogP contribution in [0.1, 0.15) is 38.2 Å². The number of benzene rings is 1. The van der Waals surface area contributed by atoms with Crippen molar-refractivity contribution in [2.75, 3.05) is 39.3 Å². The lowest BCUT2D eigenvalue weighted by Gasteiger charge is -2.37. The monoisotopic (exact) mass is 393 g/mol. The second-order valence-electron chi connectivity index (χ2n) is 7.80. The molecule has 27 heavy (non-hydrogen) atoms. The quantitative estimate of drug-likeness (QED) is 0.773. The number of piperazine rings is 1. The van der Waals surface area contributed by atoms with E-state index in [9.17, 15) is 4.79 Å². The molecule has 0 spiro atoms. The molecule has 150 valence electrons. The maximum Gasteiger partial charge on any atom is 0.237 e. The lowest BCUT2D eigenvalue weighted by Crippen LogP contribution is -2.55. The molecule has 0 radical (unpaired) electrons. The van der Waals surface area contributed by atoms with E-state index < -0.39 is 0 Å². The van der Waals surface area contributed by atoms with Crippen molar-refractivity contribution < 1.29 is 9.53 Å². The van der Waals surface area contributed by atoms with E-state index in [2.05, 4.69) is 15.1 Å². The maximum atomic E-state index is 12.5. The second kappa shape index (κ2) is 9.76. The van der Waals surface area contributed by atoms with Gasteiger partial charge in [0.2, 0.25) is 5.91 Å². The lowest BCUT2D eigenvalue weighted by atomic mass is 10.2. The van der Waals surface area contributed by atoms with Gasteiger partial charge in [-0.3, -0.25) is 14.6 Å². The number of aryl methyl sites for hydroxylation is 1. The number of nitrogens with zero attached hydrogens (tertiary/aromatic N) is 2. The molecule has 3 rings (SSSR count). The Hall–Kier alpha value is -1.30. The summed E-state index contributed by atoms with van der Waals surface area (Å²) in [5.41, 5.74) is 1.06. The Labute approximate surface area is 168 Å². The number of carbonyl (C=O) groups is 1. The zero-order valence-corrected chi connectivity index (χ0v) is 17.3. The zero-order chi connectivity index (χ0) is 19.2. The maximum absolute atomic E-state index is 12.5. The van der Waals surface area contributed by atoms with Gasteiger partial charge in [0.1, 0.15) is 12.4 Å². The molecule has 2 fully saturated rings. The zero-order valence-electron chi connectivity index (χ0n) is 16.5. The Morgan fingerprint density at radius 2 is 1.96 bits per heavy atom. The molecule has 1 heterocycles. The van der Waals surface area contributed by atoms with Crippen LogP contribution in [0.5, 0.6) is 5.75 Å². The molecule has 6 heteroatoms. The van der Waals surface area contributed by atoms with Crippen LogP contribution in [0.3, 0.4) is 0 Å². The molecule has 1 N–H and O–H groups in total. The van der Waals surface area contributed by atoms with E-state index in [1.165, 1.54) is 12.8 Å². The first-order valence-electron chi connectivity index (χ1n) is 10.2. The van der Waals surface area contributed by atoms with Crippen molar-refractivity contribution in [1.29, 1.82) is 0 Å². The van der Waals surface area contributed by atoms with Gasteiger partial charge in [-0.2, -0.15) is 0 Å². The minimum atomic E-state index is -0.0410. The molecule has 1 aliphatic heterocycles. The molecule has 1 amide bonds. The van der Waals surface area contributed by atoms with Crippen molar-refractivity contribution in [1.82, 2.24) is 15.1 Å². The molecule has 1 unspecified atom stereocenters. The number of hydrogen-bond donors (Lipinski definition) is 1. The van der Waals surface area contributed by atoms with E-state index in [1.807, 2.05) is 32.0 Å². The van der Waals surface area contributed by atoms with Crippen LogP contribution in [0.15, 0.2) is 18.2 Å². The van der Waals surface area contributed by atoms with Gasteiger partial charge in [-0.15, -0.1) is 0 Å². The smallest absolute Gasteiger partial charge is 0.237 e. The number of nitrogens with one attached hydrogen (secondary N) is 1. The molecule has 5 nitrogen and oxygen atoms in total. The number of hydrogen-bond acceptors (Lipinski definition) is 4. The Kier molecular flexibility index (Phi) is 7.39. The van der Waals surface area contributed by atoms with Gasteiger partial charge < -0.3 is 10.1 Å². The van der Waals surface area contributed by atoms with E-state index >= 15 is 0 Å². The van der Waals surface area contributed by atoms with Gasteiger partial charge in [0.05, 0.1) is 6.04 Å². The number of amides is 1. The highest BCUT2D eigenvalue weighted by Crippen LogP contribution is 2.22. The fourth-order valence-electron chi connectivity index (χ4n) is 3.99. The molecule has 1 aromatic rings. The largest absolute Gasteiger partial charge is 0.492 e. The van der Waals surface area contributed by atoms with E-state index in [0.29, 0.717) is 12.6 Å². The van der Waals surface area contributed by atoms with Gasteiger partial charge in [0, 0.05) is 43.8 Å². The van der Waals surface area contributed by atoms with Crippen LogP contribution in [0.4, 0.5) is 0 Å². The number of ether oxygens (including phenoxy) is 1. The first-order chi connectivity index (χ1) is 13.0. The van der Waals surface area contributed by atoms with Crippen LogP contribution in [-0.4, -0.2) is 67.1 Å². The average molecular weight is 394 g/mol. The Bertz CT molecular complexity index is 626. The van der Waals surface area contributed by atoms with Crippen LogP contribution in [0.2, 0.25) is 5.02 Å². The second-order valence-corrected chi connectivity index (χ2v) is 8.24. The van der Waals surface area contributed by atoms with Crippen LogP contribution >= 0.6 is 11.6 Å². The van der Waals surface area contributed by atoms with Crippen LogP contribution in [0, 0.1) is 6.92 Å². The van der Waals surface area contributed by atoms with Crippen LogP contribution in [0.25, 0.3) is 0 Å². The summed E-state index contributed by atoms with van der Waals surface area (Å²) in [7, 11) is 0. The van der Waals surface area contributed by atoms with E-state index in [1.54, 1.807) is 0 Å². The van der Waals surface area contributed by atoms with Crippen molar-refractivity contribution in [3.63, 3.8) is 0 Å². The number of carbonyl (C=O) groups excluding carboxylic acids is 1. The lowest BCUT2D eigenvalue weighted by molar-refractivity contribution is -0.127. The molecule has 0 bridgehead atoms. The van der Waals surface area contributed by atoms with Crippen molar-refractivity contribution in [2.24, 2.45) is 0 Å². The minimum Gasteiger partial charge on any atom is -0.492 e. The van der Waals surface area contributed by atoms with Gasteiger partial charge in [-0.05, 0) is 50.5 Å². The fourth-order valence-corrected chi connectivity index (χ4v) is 4.22. The third-order valence-corrected chi connectivity index (χ3v) is 6.07. The van der Waals surface area contributed by atoms with Gasteiger partial charge in [0.15, 0.2) is 0 Å². The summed E-state index contributed by atoms with van der Waals surface area (Å²) < 4.78 is 5.90. The Balaban J connectivity index is 1.36. The normalized spacial score (nSPS) is 20.6. The van der Waals surface area contributed by atoms with Crippen molar-refractivity contribution >= 4 is 17.5 Å². The van der Waals surface area contributed by atoms with Gasteiger partial charge >= 0.3 is 0 Å². The summed E-state index contributed by atoms with van der Waals surface area (Å²) in [5.74, 6) is 1.09. The molecular weight excluding hydrogens is 362 g/mol. The SMILES string of the molecule is Cc1cc(Cl)ccc1OCCN1CCN(C(C)C(=O)NC2CCCC2)CC1. The molecule has 1 saturated heterocycles. The average Bonchev–Trinajstić information content (AvgIpc) is 3.16. The first-order valence-corrected chi connectivity index (χ1v) is 10.6. The third-order valence-electron chi connectivity index (χ3n) is 5.84. The van der Waals surface area contributed by atoms with Gasteiger partial charge in [0.25, 0.3) is 0 Å². The molecule has 1 aliphatic carbocycles. The highest BCUT2D eigenvalue weighted by molar-refractivity contribution is 6.30. The molecule has 1 atom stereocenters. The van der Waals surface area contributed by atoms with E-state index in [0.717, 1.165) is 61.9 Å². The highest BCUT2D eigenvalue weighted by Gasteiger charge is 2.27. The Morgan fingerprint density at radius 1 is 1.26 bits per heavy atom. The van der Waals surface area contributed by atoms with Gasteiger partial charge in [-0.1, -0.05) is 24.4 Å².